The molecule has 0 spiro atoms. The van der Waals surface area contributed by atoms with E-state index in [0.717, 1.165) is 42.3 Å². The van der Waals surface area contributed by atoms with Crippen LogP contribution in [0, 0.1) is 0 Å². The van der Waals surface area contributed by atoms with Crippen molar-refractivity contribution in [1.82, 2.24) is 15.4 Å². The number of anilines is 1. The molecule has 2 heterocycles. The third-order valence-corrected chi connectivity index (χ3v) is 5.85. The van der Waals surface area contributed by atoms with E-state index in [4.69, 9.17) is 0 Å². The number of aromatic amines is 1. The minimum Gasteiger partial charge on any atom is -0.392 e. The number of hydrogen-bond donors (Lipinski definition) is 5. The lowest BCUT2D eigenvalue weighted by molar-refractivity contribution is -0.111. The van der Waals surface area contributed by atoms with Crippen LogP contribution in [0.1, 0.15) is 63.4 Å². The molecule has 31 heavy (non-hydrogen) atoms. The normalized spacial score (nSPS) is 19.4. The summed E-state index contributed by atoms with van der Waals surface area (Å²) in [6.45, 7) is 8.22. The molecule has 1 aliphatic heterocycles. The number of hydrazine groups is 1. The van der Waals surface area contributed by atoms with Gasteiger partial charge in [-0.15, -0.1) is 0 Å². The summed E-state index contributed by atoms with van der Waals surface area (Å²) in [6.07, 6.45) is 7.78. The molecule has 0 saturated carbocycles. The summed E-state index contributed by atoms with van der Waals surface area (Å²) < 4.78 is 0. The van der Waals surface area contributed by atoms with E-state index in [-0.39, 0.29) is 6.04 Å². The van der Waals surface area contributed by atoms with Crippen LogP contribution in [0.3, 0.4) is 0 Å². The van der Waals surface area contributed by atoms with E-state index < -0.39 is 11.5 Å². The number of aromatic nitrogens is 1. The monoisotopic (exact) mass is 429 g/mol. The summed E-state index contributed by atoms with van der Waals surface area (Å²) in [5, 5.41) is 16.4. The van der Waals surface area contributed by atoms with E-state index in [1.54, 1.807) is 6.92 Å². The fourth-order valence-corrected chi connectivity index (χ4v) is 3.90. The zero-order valence-corrected chi connectivity index (χ0v) is 19.7. The maximum Gasteiger partial charge on any atom is 0.130 e. The molecular weight excluding hydrogens is 390 g/mol. The van der Waals surface area contributed by atoms with Gasteiger partial charge < -0.3 is 31.4 Å². The van der Waals surface area contributed by atoms with Crippen LogP contribution in [-0.4, -0.2) is 48.1 Å². The van der Waals surface area contributed by atoms with Gasteiger partial charge in [-0.25, -0.2) is 5.01 Å². The lowest BCUT2D eigenvalue weighted by Crippen LogP contribution is -2.33. The zero-order chi connectivity index (χ0) is 23.2. The van der Waals surface area contributed by atoms with Gasteiger partial charge in [0.1, 0.15) is 6.29 Å². The number of fused-ring (bicyclic) bond motifs is 3. The summed E-state index contributed by atoms with van der Waals surface area (Å²) in [6, 6.07) is 4.41. The molecule has 1 aromatic carbocycles. The predicted octanol–water partition coefficient (Wildman–Crippen LogP) is 3.36. The highest BCUT2D eigenvalue weighted by atomic mass is 16.3. The van der Waals surface area contributed by atoms with Gasteiger partial charge in [-0.3, -0.25) is 0 Å². The molecule has 0 bridgehead atoms. The Balaban J connectivity index is 0.00000166. The van der Waals surface area contributed by atoms with Crippen LogP contribution < -0.4 is 16.5 Å². The number of nitrogens with two attached hydrogens (primary N) is 1. The van der Waals surface area contributed by atoms with Crippen LogP contribution >= 0.6 is 0 Å². The number of hydrogen-bond acceptors (Lipinski definition) is 6. The Labute approximate surface area is 186 Å². The predicted molar refractivity (Wildman–Crippen MR) is 129 cm³/mol. The quantitative estimate of drug-likeness (QED) is 0.467. The Kier molecular flexibility index (Phi) is 8.68. The number of aryl methyl sites for hydroxylation is 1. The number of nitrogens with one attached hydrogen (secondary N) is 3. The second-order valence-electron chi connectivity index (χ2n) is 8.74. The van der Waals surface area contributed by atoms with Crippen molar-refractivity contribution in [3.63, 3.8) is 0 Å². The highest BCUT2D eigenvalue weighted by Crippen LogP contribution is 2.37. The molecule has 3 rings (SSSR count). The number of aliphatic hydroxyl groups excluding tert-OH is 1. The maximum atomic E-state index is 11.8. The molecule has 2 atom stereocenters. The Morgan fingerprint density at radius 1 is 1.39 bits per heavy atom. The second kappa shape index (κ2) is 10.8. The SMILES string of the molecule is CC(O)CNc1cc2c3c([nH]c2cc1C(C)(C)C=O)C(C)N(C)N/C=C/CCC3.CN. The molecule has 0 aliphatic carbocycles. The number of carbonyl (C=O) groups excluding carboxylic acids is 1. The number of carbonyl (C=O) groups is 1. The van der Waals surface area contributed by atoms with Crippen LogP contribution in [0.5, 0.6) is 0 Å². The van der Waals surface area contributed by atoms with Crippen LogP contribution in [-0.2, 0) is 16.6 Å². The van der Waals surface area contributed by atoms with Gasteiger partial charge in [0.15, 0.2) is 0 Å². The minimum atomic E-state index is -0.628. The van der Waals surface area contributed by atoms with E-state index in [0.29, 0.717) is 6.54 Å². The highest BCUT2D eigenvalue weighted by molar-refractivity contribution is 5.91. The first kappa shape index (κ1) is 24.9. The molecule has 7 heteroatoms. The molecule has 0 fully saturated rings. The van der Waals surface area contributed by atoms with E-state index >= 15 is 0 Å². The van der Waals surface area contributed by atoms with Gasteiger partial charge in [0.2, 0.25) is 0 Å². The van der Waals surface area contributed by atoms with Crippen molar-refractivity contribution in [2.75, 3.05) is 26.0 Å². The number of allylic oxidation sites excluding steroid dienone is 1. The molecular formula is C24H39N5O2. The molecule has 1 aliphatic rings. The first-order valence-corrected chi connectivity index (χ1v) is 11.0. The topological polar surface area (TPSA) is 106 Å². The van der Waals surface area contributed by atoms with Crippen molar-refractivity contribution in [3.05, 3.63) is 41.2 Å². The van der Waals surface area contributed by atoms with Crippen molar-refractivity contribution in [2.24, 2.45) is 5.73 Å². The molecule has 0 saturated heterocycles. The third kappa shape index (κ3) is 5.67. The van der Waals surface area contributed by atoms with E-state index in [1.807, 2.05) is 27.1 Å². The molecule has 0 radical (unpaired) electrons. The summed E-state index contributed by atoms with van der Waals surface area (Å²) in [7, 11) is 3.54. The Hall–Kier alpha value is -2.35. The summed E-state index contributed by atoms with van der Waals surface area (Å²) in [4.78, 5) is 15.4. The number of H-pyrrole nitrogens is 1. The number of nitrogens with zero attached hydrogens (tertiary/aromatic N) is 1. The smallest absolute Gasteiger partial charge is 0.130 e. The lowest BCUT2D eigenvalue weighted by Gasteiger charge is -2.25. The van der Waals surface area contributed by atoms with Crippen molar-refractivity contribution in [2.45, 2.75) is 64.5 Å². The first-order valence-electron chi connectivity index (χ1n) is 11.0. The van der Waals surface area contributed by atoms with Gasteiger partial charge in [-0.1, -0.05) is 6.08 Å². The van der Waals surface area contributed by atoms with E-state index in [2.05, 4.69) is 51.6 Å². The molecule has 0 amide bonds. The number of benzene rings is 1. The molecule has 1 aromatic heterocycles. The van der Waals surface area contributed by atoms with Crippen molar-refractivity contribution >= 4 is 22.9 Å². The highest BCUT2D eigenvalue weighted by Gasteiger charge is 2.27. The van der Waals surface area contributed by atoms with Gasteiger partial charge in [-0.05, 0) is 77.3 Å². The first-order chi connectivity index (χ1) is 14.7. The van der Waals surface area contributed by atoms with Gasteiger partial charge >= 0.3 is 0 Å². The fourth-order valence-electron chi connectivity index (χ4n) is 3.90. The molecule has 2 aromatic rings. The average Bonchev–Trinajstić information content (AvgIpc) is 3.11. The maximum absolute atomic E-state index is 11.8. The lowest BCUT2D eigenvalue weighted by atomic mass is 9.84. The number of aliphatic hydroxyl groups is 1. The van der Waals surface area contributed by atoms with Gasteiger partial charge in [0.05, 0.1) is 12.1 Å². The average molecular weight is 430 g/mol. The number of aldehydes is 1. The molecule has 172 valence electrons. The van der Waals surface area contributed by atoms with Gasteiger partial charge in [0.25, 0.3) is 0 Å². The van der Waals surface area contributed by atoms with Gasteiger partial charge in [-0.2, -0.15) is 0 Å². The summed E-state index contributed by atoms with van der Waals surface area (Å²) in [5.74, 6) is 0. The molecule has 7 nitrogen and oxygen atoms in total. The largest absolute Gasteiger partial charge is 0.392 e. The summed E-state index contributed by atoms with van der Waals surface area (Å²) in [5.41, 5.74) is 12.6. The van der Waals surface area contributed by atoms with E-state index in [9.17, 15) is 9.90 Å². The fraction of sp³-hybridized carbons (Fsp3) is 0.542. The Morgan fingerprint density at radius 2 is 2.10 bits per heavy atom. The van der Waals surface area contributed by atoms with Crippen molar-refractivity contribution < 1.29 is 9.90 Å². The standard InChI is InChI=1S/C23H34N4O2.CH5N/c1-15(29)13-24-21-11-18-17-9-7-6-8-10-25-27(5)16(2)22(17)26-20(18)12-19(21)23(3,4)14-28;1-2/h8,10-12,14-16,24-26,29H,6-7,9,13H2,1-5H3;2H2,1H3/b10-8+;. The molecule has 6 N–H and O–H groups in total. The number of rotatable bonds is 5. The Morgan fingerprint density at radius 3 is 2.74 bits per heavy atom. The summed E-state index contributed by atoms with van der Waals surface area (Å²) >= 11 is 0. The molecule has 2 unspecified atom stereocenters. The van der Waals surface area contributed by atoms with Crippen LogP contribution in [0.15, 0.2) is 24.4 Å². The van der Waals surface area contributed by atoms with Crippen LogP contribution in [0.2, 0.25) is 0 Å². The van der Waals surface area contributed by atoms with E-state index in [1.165, 1.54) is 23.7 Å². The second-order valence-corrected chi connectivity index (χ2v) is 8.74. The Bertz CT molecular complexity index is 901. The van der Waals surface area contributed by atoms with Crippen molar-refractivity contribution in [1.29, 1.82) is 0 Å². The van der Waals surface area contributed by atoms with Crippen LogP contribution in [0.25, 0.3) is 10.9 Å². The zero-order valence-electron chi connectivity index (χ0n) is 19.7. The third-order valence-electron chi connectivity index (χ3n) is 5.85. The minimum absolute atomic E-state index is 0.163. The van der Waals surface area contributed by atoms with Crippen LogP contribution in [0.4, 0.5) is 5.69 Å². The van der Waals surface area contributed by atoms with Crippen molar-refractivity contribution in [3.8, 4) is 0 Å². The van der Waals surface area contributed by atoms with Gasteiger partial charge in [0, 0.05) is 47.5 Å².